The van der Waals surface area contributed by atoms with E-state index in [1.54, 1.807) is 18.2 Å². The van der Waals surface area contributed by atoms with Crippen LogP contribution in [-0.4, -0.2) is 15.3 Å². The maximum atomic E-state index is 14.5. The van der Waals surface area contributed by atoms with Gasteiger partial charge >= 0.3 is 0 Å². The molecular formula is C32H16F2N4O. The van der Waals surface area contributed by atoms with Gasteiger partial charge in [0.1, 0.15) is 22.7 Å². The van der Waals surface area contributed by atoms with E-state index in [0.29, 0.717) is 16.6 Å². The first-order chi connectivity index (χ1) is 19.1. The Morgan fingerprint density at radius 2 is 1.28 bits per heavy atom. The molecule has 7 heteroatoms. The maximum absolute atomic E-state index is 14.5. The molecule has 5 nitrogen and oxygen atoms in total. The lowest BCUT2D eigenvalue weighted by Crippen LogP contribution is -1.92. The minimum atomic E-state index is -0.766. The molecule has 0 radical (unpaired) electrons. The summed E-state index contributed by atoms with van der Waals surface area (Å²) in [4.78, 5) is 4.97. The molecule has 0 fully saturated rings. The van der Waals surface area contributed by atoms with Crippen molar-refractivity contribution in [3.8, 4) is 39.6 Å². The van der Waals surface area contributed by atoms with Crippen LogP contribution in [-0.2, 0) is 0 Å². The molecule has 2 heterocycles. The van der Waals surface area contributed by atoms with Gasteiger partial charge in [0.25, 0.3) is 0 Å². The van der Waals surface area contributed by atoms with Crippen molar-refractivity contribution in [2.75, 3.05) is 0 Å². The van der Waals surface area contributed by atoms with Crippen LogP contribution in [0, 0.1) is 23.0 Å². The van der Waals surface area contributed by atoms with E-state index in [9.17, 15) is 8.78 Å². The zero-order valence-electron chi connectivity index (χ0n) is 20.2. The van der Waals surface area contributed by atoms with Crippen LogP contribution < -0.4 is 0 Å². The zero-order valence-corrected chi connectivity index (χ0v) is 20.2. The van der Waals surface area contributed by atoms with E-state index in [0.717, 1.165) is 56.2 Å². The number of hydrogen-bond donors (Lipinski definition) is 0. The van der Waals surface area contributed by atoms with Gasteiger partial charge in [-0.25, -0.2) is 18.4 Å². The van der Waals surface area contributed by atoms with Crippen LogP contribution in [0.15, 0.2) is 102 Å². The molecule has 0 spiro atoms. The van der Waals surface area contributed by atoms with Gasteiger partial charge in [0.05, 0.1) is 28.4 Å². The summed E-state index contributed by atoms with van der Waals surface area (Å²) in [6.07, 6.45) is 0. The van der Waals surface area contributed by atoms with Gasteiger partial charge in [-0.1, -0.05) is 66.7 Å². The topological polar surface area (TPSA) is 75.6 Å². The van der Waals surface area contributed by atoms with E-state index in [1.807, 2.05) is 72.8 Å². The highest BCUT2D eigenvalue weighted by molar-refractivity contribution is 6.20. The fourth-order valence-corrected chi connectivity index (χ4v) is 5.07. The largest absolute Gasteiger partial charge is 0.247 e. The molecule has 7 rings (SSSR count). The molecule has 0 aliphatic heterocycles. The third kappa shape index (κ3) is 3.70. The normalized spacial score (nSPS) is 11.3. The first-order valence-corrected chi connectivity index (χ1v) is 12.1. The van der Waals surface area contributed by atoms with Crippen molar-refractivity contribution in [3.63, 3.8) is 0 Å². The Morgan fingerprint density at radius 1 is 0.641 bits per heavy atom. The fraction of sp³-hybridized carbons (Fsp3) is 0. The Bertz CT molecular complexity index is 2070. The van der Waals surface area contributed by atoms with Crippen molar-refractivity contribution in [2.45, 2.75) is 0 Å². The van der Waals surface area contributed by atoms with Gasteiger partial charge in [0, 0.05) is 21.7 Å². The molecule has 0 bridgehead atoms. The summed E-state index contributed by atoms with van der Waals surface area (Å²) >= 11 is 0. The highest BCUT2D eigenvalue weighted by Crippen LogP contribution is 2.37. The smallest absolute Gasteiger partial charge is 0.143 e. The number of fused-ring (bicyclic) bond motifs is 5. The van der Waals surface area contributed by atoms with Gasteiger partial charge < -0.3 is 0 Å². The maximum Gasteiger partial charge on any atom is 0.143 e. The van der Waals surface area contributed by atoms with Gasteiger partial charge in [0.2, 0.25) is 0 Å². The molecule has 0 saturated heterocycles. The molecule has 39 heavy (non-hydrogen) atoms. The summed E-state index contributed by atoms with van der Waals surface area (Å²) in [5.74, 6) is -1.53. The molecule has 0 amide bonds. The van der Waals surface area contributed by atoms with Gasteiger partial charge in [0.15, 0.2) is 0 Å². The van der Waals surface area contributed by atoms with Crippen molar-refractivity contribution in [1.82, 2.24) is 15.3 Å². The number of aromatic nitrogens is 3. The number of hydrogen-bond acceptors (Lipinski definition) is 5. The molecule has 0 atom stereocenters. The predicted molar refractivity (Wildman–Crippen MR) is 146 cm³/mol. The van der Waals surface area contributed by atoms with Gasteiger partial charge in [-0.3, -0.25) is 0 Å². The number of rotatable bonds is 3. The second kappa shape index (κ2) is 8.82. The van der Waals surface area contributed by atoms with Crippen LogP contribution in [0.25, 0.3) is 66.2 Å². The molecule has 0 aliphatic carbocycles. The van der Waals surface area contributed by atoms with Gasteiger partial charge in [-0.2, -0.15) is 5.26 Å². The highest BCUT2D eigenvalue weighted by atomic mass is 19.1. The van der Waals surface area contributed by atoms with Gasteiger partial charge in [-0.15, -0.1) is 0 Å². The molecule has 7 aromatic rings. The highest BCUT2D eigenvalue weighted by Gasteiger charge is 2.16. The monoisotopic (exact) mass is 510 g/mol. The lowest BCUT2D eigenvalue weighted by Gasteiger charge is -2.11. The summed E-state index contributed by atoms with van der Waals surface area (Å²) in [5.41, 5.74) is 6.01. The molecule has 0 aliphatic rings. The van der Waals surface area contributed by atoms with Crippen molar-refractivity contribution in [1.29, 1.82) is 5.26 Å². The van der Waals surface area contributed by atoms with Crippen LogP contribution in [0.1, 0.15) is 5.56 Å². The molecule has 0 saturated carbocycles. The third-order valence-electron chi connectivity index (χ3n) is 6.93. The lowest BCUT2D eigenvalue weighted by atomic mass is 9.96. The number of para-hydroxylation sites is 1. The minimum absolute atomic E-state index is 0.0544. The van der Waals surface area contributed by atoms with Crippen molar-refractivity contribution < 1.29 is 13.4 Å². The lowest BCUT2D eigenvalue weighted by molar-refractivity contribution is 0.316. The summed E-state index contributed by atoms with van der Waals surface area (Å²) in [7, 11) is 0. The van der Waals surface area contributed by atoms with Crippen LogP contribution in [0.3, 0.4) is 0 Å². The zero-order chi connectivity index (χ0) is 26.5. The van der Waals surface area contributed by atoms with E-state index in [2.05, 4.69) is 10.3 Å². The standard InChI is InChI=1S/C32H16F2N4O/c33-25-15-18(17-35)16-26(34)29(25)21-9-5-19(6-10-21)20-7-11-22(12-8-20)31-24-13-14-28-32(38-39-37-28)30(24)23-3-1-2-4-27(23)36-31/h1-16H. The second-order valence-corrected chi connectivity index (χ2v) is 9.18. The predicted octanol–water partition coefficient (Wildman–Crippen LogP) is 8.08. The van der Waals surface area contributed by atoms with Gasteiger partial charge in [-0.05, 0) is 57.3 Å². The SMILES string of the molecule is N#Cc1cc(F)c(-c2ccc(-c3ccc(-c4nc5ccccc5c5c4ccc4nonc45)cc3)cc2)c(F)c1. The van der Waals surface area contributed by atoms with Crippen molar-refractivity contribution in [3.05, 3.63) is 114 Å². The van der Waals surface area contributed by atoms with Crippen molar-refractivity contribution in [2.24, 2.45) is 0 Å². The molecule has 5 aromatic carbocycles. The minimum Gasteiger partial charge on any atom is -0.247 e. The van der Waals surface area contributed by atoms with Crippen LogP contribution in [0.5, 0.6) is 0 Å². The fourth-order valence-electron chi connectivity index (χ4n) is 5.07. The summed E-state index contributed by atoms with van der Waals surface area (Å²) in [6.45, 7) is 0. The second-order valence-electron chi connectivity index (χ2n) is 9.18. The number of nitriles is 1. The van der Waals surface area contributed by atoms with E-state index in [-0.39, 0.29) is 11.1 Å². The summed E-state index contributed by atoms with van der Waals surface area (Å²) < 4.78 is 34.0. The summed E-state index contributed by atoms with van der Waals surface area (Å²) in [5, 5.41) is 20.0. The Morgan fingerprint density at radius 3 is 1.97 bits per heavy atom. The van der Waals surface area contributed by atoms with Crippen LogP contribution >= 0.6 is 0 Å². The molecule has 184 valence electrons. The number of pyridine rings is 1. The Hall–Kier alpha value is -5.48. The number of benzene rings is 5. The van der Waals surface area contributed by atoms with Crippen LogP contribution in [0.4, 0.5) is 8.78 Å². The molecule has 2 aromatic heterocycles. The average molecular weight is 511 g/mol. The Kier molecular flexibility index (Phi) is 5.13. The Balaban J connectivity index is 1.28. The van der Waals surface area contributed by atoms with E-state index >= 15 is 0 Å². The molecular weight excluding hydrogens is 494 g/mol. The first-order valence-electron chi connectivity index (χ1n) is 12.1. The third-order valence-corrected chi connectivity index (χ3v) is 6.93. The number of halogens is 2. The average Bonchev–Trinajstić information content (AvgIpc) is 3.46. The molecule has 0 N–H and O–H groups in total. The van der Waals surface area contributed by atoms with Crippen LogP contribution in [0.2, 0.25) is 0 Å². The number of nitrogens with zero attached hydrogens (tertiary/aromatic N) is 4. The van der Waals surface area contributed by atoms with E-state index in [1.165, 1.54) is 0 Å². The molecule has 0 unspecified atom stereocenters. The Labute approximate surface area is 220 Å². The first kappa shape index (κ1) is 22.7. The van der Waals surface area contributed by atoms with E-state index < -0.39 is 11.6 Å². The van der Waals surface area contributed by atoms with E-state index in [4.69, 9.17) is 14.9 Å². The summed E-state index contributed by atoms with van der Waals surface area (Å²) in [6, 6.07) is 30.6. The quantitative estimate of drug-likeness (QED) is 0.225. The van der Waals surface area contributed by atoms with Crippen molar-refractivity contribution >= 4 is 32.7 Å².